The summed E-state index contributed by atoms with van der Waals surface area (Å²) in [5.41, 5.74) is 2.24. The van der Waals surface area contributed by atoms with Crippen LogP contribution < -0.4 is 0 Å². The van der Waals surface area contributed by atoms with Crippen LogP contribution in [0, 0.1) is 6.92 Å². The Morgan fingerprint density at radius 3 is 2.88 bits per heavy atom. The van der Waals surface area contributed by atoms with E-state index >= 15 is 0 Å². The lowest BCUT2D eigenvalue weighted by Gasteiger charge is -2.26. The number of pyridine rings is 1. The molecule has 2 aliphatic rings. The predicted molar refractivity (Wildman–Crippen MR) is 91.8 cm³/mol. The summed E-state index contributed by atoms with van der Waals surface area (Å²) >= 11 is 0. The van der Waals surface area contributed by atoms with E-state index in [1.165, 1.54) is 19.4 Å². The molecule has 5 heteroatoms. The van der Waals surface area contributed by atoms with E-state index in [9.17, 15) is 4.79 Å². The average molecular weight is 325 g/mol. The highest BCUT2D eigenvalue weighted by atomic mass is 16.3. The Morgan fingerprint density at radius 2 is 2.08 bits per heavy atom. The van der Waals surface area contributed by atoms with Crippen molar-refractivity contribution in [3.05, 3.63) is 41.8 Å². The molecule has 0 aromatic carbocycles. The van der Waals surface area contributed by atoms with Crippen LogP contribution in [0.1, 0.15) is 35.3 Å². The van der Waals surface area contributed by atoms with Crippen molar-refractivity contribution < 1.29 is 9.21 Å². The molecule has 0 radical (unpaired) electrons. The third kappa shape index (κ3) is 2.84. The second kappa shape index (κ2) is 6.40. The van der Waals surface area contributed by atoms with Gasteiger partial charge in [-0.15, -0.1) is 0 Å². The van der Waals surface area contributed by atoms with E-state index < -0.39 is 0 Å². The maximum Gasteiger partial charge on any atom is 0.255 e. The first-order valence-corrected chi connectivity index (χ1v) is 8.77. The highest BCUT2D eigenvalue weighted by Gasteiger charge is 2.31. The number of fused-ring (bicyclic) bond motifs is 1. The second-order valence-corrected chi connectivity index (χ2v) is 6.74. The number of nitrogens with zero attached hydrogens (tertiary/aromatic N) is 3. The lowest BCUT2D eigenvalue weighted by molar-refractivity contribution is 0.0742. The first kappa shape index (κ1) is 15.4. The van der Waals surface area contributed by atoms with Gasteiger partial charge in [-0.2, -0.15) is 0 Å². The van der Waals surface area contributed by atoms with Crippen molar-refractivity contribution in [2.45, 2.75) is 32.2 Å². The highest BCUT2D eigenvalue weighted by Crippen LogP contribution is 2.24. The number of aromatic nitrogens is 1. The number of amides is 1. The molecule has 0 aliphatic carbocycles. The Bertz CT molecular complexity index is 726. The fraction of sp³-hybridized carbons (Fsp3) is 0.474. The van der Waals surface area contributed by atoms with Crippen molar-refractivity contribution >= 4 is 5.91 Å². The van der Waals surface area contributed by atoms with Crippen molar-refractivity contribution in [1.82, 2.24) is 14.8 Å². The molecule has 2 fully saturated rings. The normalized spacial score (nSPS) is 21.5. The first-order valence-electron chi connectivity index (χ1n) is 8.77. The number of furan rings is 1. The van der Waals surface area contributed by atoms with Gasteiger partial charge in [0, 0.05) is 25.7 Å². The van der Waals surface area contributed by atoms with Gasteiger partial charge in [0.05, 0.1) is 17.5 Å². The largest absolute Gasteiger partial charge is 0.463 e. The molecular formula is C19H23N3O2. The third-order valence-electron chi connectivity index (χ3n) is 5.18. The minimum Gasteiger partial charge on any atom is -0.463 e. The van der Waals surface area contributed by atoms with Crippen LogP contribution in [0.25, 0.3) is 11.5 Å². The molecule has 2 aromatic heterocycles. The van der Waals surface area contributed by atoms with Crippen LogP contribution in [0.5, 0.6) is 0 Å². The molecule has 2 aromatic rings. The number of hydrogen-bond acceptors (Lipinski definition) is 4. The van der Waals surface area contributed by atoms with Crippen molar-refractivity contribution in [3.63, 3.8) is 0 Å². The van der Waals surface area contributed by atoms with Crippen LogP contribution >= 0.6 is 0 Å². The summed E-state index contributed by atoms with van der Waals surface area (Å²) < 4.78 is 5.39. The molecule has 0 bridgehead atoms. The van der Waals surface area contributed by atoms with Crippen LogP contribution in [0.15, 0.2) is 34.9 Å². The van der Waals surface area contributed by atoms with Crippen LogP contribution in [-0.4, -0.2) is 52.9 Å². The van der Waals surface area contributed by atoms with Crippen LogP contribution in [-0.2, 0) is 0 Å². The number of carbonyl (C=O) groups is 1. The first-order chi connectivity index (χ1) is 11.7. The smallest absolute Gasteiger partial charge is 0.255 e. The van der Waals surface area contributed by atoms with Gasteiger partial charge in [-0.3, -0.25) is 9.69 Å². The number of hydrogen-bond donors (Lipinski definition) is 0. The molecule has 1 amide bonds. The van der Waals surface area contributed by atoms with Gasteiger partial charge in [0.15, 0.2) is 5.76 Å². The molecular weight excluding hydrogens is 302 g/mol. The summed E-state index contributed by atoms with van der Waals surface area (Å²) in [5.74, 6) is 0.841. The zero-order chi connectivity index (χ0) is 16.5. The second-order valence-electron chi connectivity index (χ2n) is 6.74. The monoisotopic (exact) mass is 325 g/mol. The molecule has 1 atom stereocenters. The van der Waals surface area contributed by atoms with Gasteiger partial charge in [-0.05, 0) is 57.0 Å². The van der Waals surface area contributed by atoms with Crippen molar-refractivity contribution in [1.29, 1.82) is 0 Å². The van der Waals surface area contributed by atoms with E-state index in [2.05, 4.69) is 9.88 Å². The fourth-order valence-electron chi connectivity index (χ4n) is 3.91. The number of rotatable bonds is 2. The lowest BCUT2D eigenvalue weighted by Crippen LogP contribution is -2.39. The van der Waals surface area contributed by atoms with Gasteiger partial charge >= 0.3 is 0 Å². The Hall–Kier alpha value is -2.14. The van der Waals surface area contributed by atoms with E-state index in [1.54, 1.807) is 6.26 Å². The highest BCUT2D eigenvalue weighted by molar-refractivity contribution is 5.95. The van der Waals surface area contributed by atoms with E-state index in [4.69, 9.17) is 4.42 Å². The van der Waals surface area contributed by atoms with Crippen LogP contribution in [0.2, 0.25) is 0 Å². The van der Waals surface area contributed by atoms with Crippen LogP contribution in [0.3, 0.4) is 0 Å². The molecule has 4 rings (SSSR count). The van der Waals surface area contributed by atoms with Crippen molar-refractivity contribution in [3.8, 4) is 11.5 Å². The van der Waals surface area contributed by atoms with E-state index in [0.717, 1.165) is 43.2 Å². The minimum absolute atomic E-state index is 0.111. The van der Waals surface area contributed by atoms with Crippen LogP contribution in [0.4, 0.5) is 0 Å². The fourth-order valence-corrected chi connectivity index (χ4v) is 3.91. The zero-order valence-corrected chi connectivity index (χ0v) is 14.1. The van der Waals surface area contributed by atoms with Gasteiger partial charge < -0.3 is 9.32 Å². The minimum atomic E-state index is 0.111. The summed E-state index contributed by atoms with van der Waals surface area (Å²) in [7, 11) is 0. The molecule has 24 heavy (non-hydrogen) atoms. The van der Waals surface area contributed by atoms with E-state index in [1.807, 2.05) is 36.1 Å². The topological polar surface area (TPSA) is 49.6 Å². The van der Waals surface area contributed by atoms with Gasteiger partial charge in [0.25, 0.3) is 5.91 Å². The third-order valence-corrected chi connectivity index (χ3v) is 5.18. The number of carbonyl (C=O) groups excluding carboxylic acids is 1. The molecule has 2 aliphatic heterocycles. The van der Waals surface area contributed by atoms with Gasteiger partial charge in [0.2, 0.25) is 0 Å². The SMILES string of the molecule is Cc1nc(-c2ccco2)ccc1C(=O)N1CCCN2CCC[C@@H]2C1. The van der Waals surface area contributed by atoms with E-state index in [-0.39, 0.29) is 5.91 Å². The molecule has 0 saturated carbocycles. The lowest BCUT2D eigenvalue weighted by atomic mass is 10.1. The summed E-state index contributed by atoms with van der Waals surface area (Å²) in [6.07, 6.45) is 5.15. The molecule has 0 unspecified atom stereocenters. The molecule has 5 nitrogen and oxygen atoms in total. The summed E-state index contributed by atoms with van der Waals surface area (Å²) in [6.45, 7) is 5.89. The maximum absolute atomic E-state index is 13.0. The molecule has 4 heterocycles. The predicted octanol–water partition coefficient (Wildman–Crippen LogP) is 2.96. The van der Waals surface area contributed by atoms with Gasteiger partial charge in [-0.25, -0.2) is 4.98 Å². The van der Waals surface area contributed by atoms with E-state index in [0.29, 0.717) is 11.6 Å². The summed E-state index contributed by atoms with van der Waals surface area (Å²) in [6, 6.07) is 8.02. The zero-order valence-electron chi connectivity index (χ0n) is 14.1. The summed E-state index contributed by atoms with van der Waals surface area (Å²) in [5, 5.41) is 0. The molecule has 2 saturated heterocycles. The Balaban J connectivity index is 1.55. The average Bonchev–Trinajstić information content (AvgIpc) is 3.23. The standard InChI is InChI=1S/C19H23N3O2/c1-14-16(7-8-17(20-14)18-6-3-12-24-18)19(23)22-11-4-10-21-9-2-5-15(21)13-22/h3,6-8,12,15H,2,4-5,9-11,13H2,1H3/t15-/m1/s1. The molecule has 0 N–H and O–H groups in total. The van der Waals surface area contributed by atoms with Gasteiger partial charge in [-0.1, -0.05) is 0 Å². The summed E-state index contributed by atoms with van der Waals surface area (Å²) in [4.78, 5) is 22.1. The Labute approximate surface area is 142 Å². The van der Waals surface area contributed by atoms with Crippen molar-refractivity contribution in [2.24, 2.45) is 0 Å². The molecule has 0 spiro atoms. The quantitative estimate of drug-likeness (QED) is 0.852. The molecule has 126 valence electrons. The Morgan fingerprint density at radius 1 is 1.21 bits per heavy atom. The van der Waals surface area contributed by atoms with Crippen molar-refractivity contribution in [2.75, 3.05) is 26.2 Å². The maximum atomic E-state index is 13.0. The van der Waals surface area contributed by atoms with Gasteiger partial charge in [0.1, 0.15) is 5.69 Å². The number of aryl methyl sites for hydroxylation is 1. The Kier molecular flexibility index (Phi) is 4.10.